The molecule has 0 spiro atoms. The molecule has 1 aliphatic rings. The Morgan fingerprint density at radius 3 is 2.78 bits per heavy atom. The Kier molecular flexibility index (Phi) is 4.09. The lowest BCUT2D eigenvalue weighted by molar-refractivity contribution is 0.0834. The molecule has 0 radical (unpaired) electrons. The molecule has 2 rings (SSSR count). The topological polar surface area (TPSA) is 52.7 Å². The van der Waals surface area contributed by atoms with E-state index < -0.39 is 0 Å². The van der Waals surface area contributed by atoms with Gasteiger partial charge in [-0.15, -0.1) is 0 Å². The number of nitrogen functional groups attached to an aromatic ring is 1. The fraction of sp³-hybridized carbons (Fsp3) is 0.571. The zero-order valence-corrected chi connectivity index (χ0v) is 11.3. The number of piperazine rings is 1. The van der Waals surface area contributed by atoms with E-state index in [-0.39, 0.29) is 5.75 Å². The summed E-state index contributed by atoms with van der Waals surface area (Å²) in [4.78, 5) is 4.95. The van der Waals surface area contributed by atoms with Crippen molar-refractivity contribution < 1.29 is 5.11 Å². The van der Waals surface area contributed by atoms with Gasteiger partial charge in [0, 0.05) is 32.2 Å². The molecule has 0 saturated carbocycles. The first-order valence-corrected chi connectivity index (χ1v) is 6.64. The van der Waals surface area contributed by atoms with Crippen molar-refractivity contribution in [3.05, 3.63) is 23.8 Å². The van der Waals surface area contributed by atoms with Crippen LogP contribution in [0.4, 0.5) is 5.69 Å². The van der Waals surface area contributed by atoms with Gasteiger partial charge in [0.15, 0.2) is 0 Å². The SMILES string of the molecule is CCN1CCN(Cc2ccc(O)c(N)c2)CC1C. The molecule has 0 aliphatic carbocycles. The third-order valence-electron chi connectivity index (χ3n) is 3.75. The molecule has 0 bridgehead atoms. The Morgan fingerprint density at radius 2 is 2.17 bits per heavy atom. The van der Waals surface area contributed by atoms with Crippen LogP contribution in [0.1, 0.15) is 19.4 Å². The zero-order valence-electron chi connectivity index (χ0n) is 11.3. The average molecular weight is 249 g/mol. The molecule has 18 heavy (non-hydrogen) atoms. The number of phenolic OH excluding ortho intramolecular Hbond substituents is 1. The molecular formula is C14H23N3O. The second-order valence-corrected chi connectivity index (χ2v) is 5.11. The van der Waals surface area contributed by atoms with Crippen LogP contribution in [0.15, 0.2) is 18.2 Å². The molecule has 4 nitrogen and oxygen atoms in total. The Balaban J connectivity index is 1.96. The summed E-state index contributed by atoms with van der Waals surface area (Å²) in [7, 11) is 0. The smallest absolute Gasteiger partial charge is 0.138 e. The van der Waals surface area contributed by atoms with Crippen molar-refractivity contribution in [2.24, 2.45) is 0 Å². The van der Waals surface area contributed by atoms with Crippen LogP contribution in [-0.4, -0.2) is 47.1 Å². The van der Waals surface area contributed by atoms with Crippen molar-refractivity contribution in [2.75, 3.05) is 31.9 Å². The minimum absolute atomic E-state index is 0.169. The van der Waals surface area contributed by atoms with Crippen LogP contribution in [0.3, 0.4) is 0 Å². The standard InChI is InChI=1S/C14H23N3O/c1-3-17-7-6-16(9-11(17)2)10-12-4-5-14(18)13(15)8-12/h4-5,8,11,18H,3,6-7,9-10,15H2,1-2H3. The molecule has 3 N–H and O–H groups in total. The van der Waals surface area contributed by atoms with Gasteiger partial charge < -0.3 is 10.8 Å². The second kappa shape index (κ2) is 5.59. The summed E-state index contributed by atoms with van der Waals surface area (Å²) in [6.07, 6.45) is 0. The lowest BCUT2D eigenvalue weighted by Crippen LogP contribution is -2.51. The van der Waals surface area contributed by atoms with E-state index in [1.807, 2.05) is 12.1 Å². The van der Waals surface area contributed by atoms with Crippen LogP contribution >= 0.6 is 0 Å². The number of phenols is 1. The van der Waals surface area contributed by atoms with Crippen LogP contribution in [-0.2, 0) is 6.54 Å². The normalized spacial score (nSPS) is 22.2. The molecule has 1 unspecified atom stereocenters. The fourth-order valence-corrected chi connectivity index (χ4v) is 2.64. The maximum absolute atomic E-state index is 9.41. The van der Waals surface area contributed by atoms with Gasteiger partial charge in [-0.2, -0.15) is 0 Å². The lowest BCUT2D eigenvalue weighted by atomic mass is 10.1. The number of nitrogens with zero attached hydrogens (tertiary/aromatic N) is 2. The second-order valence-electron chi connectivity index (χ2n) is 5.11. The van der Waals surface area contributed by atoms with E-state index in [1.165, 1.54) is 5.56 Å². The first kappa shape index (κ1) is 13.2. The monoisotopic (exact) mass is 249 g/mol. The Morgan fingerprint density at radius 1 is 1.39 bits per heavy atom. The first-order valence-electron chi connectivity index (χ1n) is 6.64. The highest BCUT2D eigenvalue weighted by atomic mass is 16.3. The third kappa shape index (κ3) is 2.94. The number of likely N-dealkylation sites (N-methyl/N-ethyl adjacent to an activating group) is 1. The first-order chi connectivity index (χ1) is 8.60. The van der Waals surface area contributed by atoms with Gasteiger partial charge >= 0.3 is 0 Å². The van der Waals surface area contributed by atoms with Gasteiger partial charge in [0.25, 0.3) is 0 Å². The quantitative estimate of drug-likeness (QED) is 0.629. The Bertz CT molecular complexity index is 408. The number of aromatic hydroxyl groups is 1. The summed E-state index contributed by atoms with van der Waals surface area (Å²) < 4.78 is 0. The summed E-state index contributed by atoms with van der Waals surface area (Å²) >= 11 is 0. The average Bonchev–Trinajstić information content (AvgIpc) is 2.34. The highest BCUT2D eigenvalue weighted by Crippen LogP contribution is 2.22. The number of nitrogens with two attached hydrogens (primary N) is 1. The van der Waals surface area contributed by atoms with Crippen LogP contribution < -0.4 is 5.73 Å². The van der Waals surface area contributed by atoms with Gasteiger partial charge in [-0.25, -0.2) is 0 Å². The van der Waals surface area contributed by atoms with Crippen molar-refractivity contribution >= 4 is 5.69 Å². The molecule has 1 aromatic rings. The predicted octanol–water partition coefficient (Wildman–Crippen LogP) is 1.50. The fourth-order valence-electron chi connectivity index (χ4n) is 2.64. The molecule has 1 atom stereocenters. The largest absolute Gasteiger partial charge is 0.506 e. The summed E-state index contributed by atoms with van der Waals surface area (Å²) in [6.45, 7) is 9.85. The van der Waals surface area contributed by atoms with Gasteiger partial charge in [0.1, 0.15) is 5.75 Å². The maximum atomic E-state index is 9.41. The lowest BCUT2D eigenvalue weighted by Gasteiger charge is -2.39. The molecule has 0 amide bonds. The van der Waals surface area contributed by atoms with Gasteiger partial charge in [-0.3, -0.25) is 9.80 Å². The number of hydrogen-bond donors (Lipinski definition) is 2. The van der Waals surface area contributed by atoms with E-state index >= 15 is 0 Å². The van der Waals surface area contributed by atoms with Gasteiger partial charge in [0.2, 0.25) is 0 Å². The van der Waals surface area contributed by atoms with E-state index in [0.29, 0.717) is 11.7 Å². The molecule has 1 fully saturated rings. The molecule has 0 aromatic heterocycles. The molecule has 1 aliphatic heterocycles. The van der Waals surface area contributed by atoms with E-state index in [1.54, 1.807) is 6.07 Å². The van der Waals surface area contributed by atoms with E-state index in [4.69, 9.17) is 5.73 Å². The third-order valence-corrected chi connectivity index (χ3v) is 3.75. The number of benzene rings is 1. The van der Waals surface area contributed by atoms with Gasteiger partial charge in [0.05, 0.1) is 5.69 Å². The van der Waals surface area contributed by atoms with Crippen LogP contribution in [0.5, 0.6) is 5.75 Å². The van der Waals surface area contributed by atoms with Crippen molar-refractivity contribution in [1.29, 1.82) is 0 Å². The minimum Gasteiger partial charge on any atom is -0.506 e. The van der Waals surface area contributed by atoms with E-state index in [0.717, 1.165) is 32.7 Å². The molecule has 1 aromatic carbocycles. The molecule has 4 heteroatoms. The summed E-state index contributed by atoms with van der Waals surface area (Å²) in [5.41, 5.74) is 7.35. The number of anilines is 1. The molecule has 1 heterocycles. The van der Waals surface area contributed by atoms with Gasteiger partial charge in [-0.1, -0.05) is 13.0 Å². The predicted molar refractivity (Wildman–Crippen MR) is 74.5 cm³/mol. The molecular weight excluding hydrogens is 226 g/mol. The van der Waals surface area contributed by atoms with Crippen molar-refractivity contribution in [2.45, 2.75) is 26.4 Å². The van der Waals surface area contributed by atoms with Gasteiger partial charge in [-0.05, 0) is 31.2 Å². The summed E-state index contributed by atoms with van der Waals surface area (Å²) in [5.74, 6) is 0.169. The minimum atomic E-state index is 0.169. The molecule has 100 valence electrons. The van der Waals surface area contributed by atoms with Crippen LogP contribution in [0.25, 0.3) is 0 Å². The highest BCUT2D eigenvalue weighted by molar-refractivity contribution is 5.53. The molecule has 1 saturated heterocycles. The van der Waals surface area contributed by atoms with Crippen molar-refractivity contribution in [3.63, 3.8) is 0 Å². The van der Waals surface area contributed by atoms with Crippen molar-refractivity contribution in [1.82, 2.24) is 9.80 Å². The van der Waals surface area contributed by atoms with E-state index in [2.05, 4.69) is 23.6 Å². The highest BCUT2D eigenvalue weighted by Gasteiger charge is 2.22. The number of hydrogen-bond acceptors (Lipinski definition) is 4. The Hall–Kier alpha value is -1.26. The van der Waals surface area contributed by atoms with Crippen molar-refractivity contribution in [3.8, 4) is 5.75 Å². The summed E-state index contributed by atoms with van der Waals surface area (Å²) in [5, 5.41) is 9.41. The zero-order chi connectivity index (χ0) is 13.1. The van der Waals surface area contributed by atoms with Crippen LogP contribution in [0, 0.1) is 0 Å². The van der Waals surface area contributed by atoms with Crippen LogP contribution in [0.2, 0.25) is 0 Å². The summed E-state index contributed by atoms with van der Waals surface area (Å²) in [6, 6.07) is 6.10. The maximum Gasteiger partial charge on any atom is 0.138 e. The number of rotatable bonds is 3. The van der Waals surface area contributed by atoms with E-state index in [9.17, 15) is 5.11 Å². The Labute approximate surface area is 109 Å².